The van der Waals surface area contributed by atoms with Crippen molar-refractivity contribution in [2.24, 2.45) is 0 Å². The standard InChI is InChI=1S/C18H24ClN3O2/c1-13(23)11-16-7-2-3-9-22(16)10-8-17-20-18(21-24-17)14-5-4-6-15(19)12-14/h4-6,12-13,16,23H,2-3,7-11H2,1H3/t13-,16-/m1/s1. The SMILES string of the molecule is C[C@@H](O)C[C@H]1CCCCN1CCc1nc(-c2cccc(Cl)c2)no1. The van der Waals surface area contributed by atoms with E-state index in [1.165, 1.54) is 12.8 Å². The zero-order valence-electron chi connectivity index (χ0n) is 14.0. The van der Waals surface area contributed by atoms with Gasteiger partial charge in [-0.15, -0.1) is 0 Å². The van der Waals surface area contributed by atoms with Crippen molar-refractivity contribution in [2.45, 2.75) is 51.2 Å². The van der Waals surface area contributed by atoms with Crippen LogP contribution in [-0.2, 0) is 6.42 Å². The zero-order valence-corrected chi connectivity index (χ0v) is 14.7. The van der Waals surface area contributed by atoms with Crippen molar-refractivity contribution < 1.29 is 9.63 Å². The van der Waals surface area contributed by atoms with Crippen molar-refractivity contribution in [1.82, 2.24) is 15.0 Å². The number of aliphatic hydroxyl groups is 1. The van der Waals surface area contributed by atoms with Gasteiger partial charge in [0, 0.05) is 29.6 Å². The van der Waals surface area contributed by atoms with Crippen LogP contribution < -0.4 is 0 Å². The molecule has 0 radical (unpaired) electrons. The third kappa shape index (κ3) is 4.56. The molecule has 0 saturated carbocycles. The molecule has 1 N–H and O–H groups in total. The third-order valence-electron chi connectivity index (χ3n) is 4.53. The second-order valence-electron chi connectivity index (χ2n) is 6.54. The summed E-state index contributed by atoms with van der Waals surface area (Å²) in [6.45, 7) is 3.82. The van der Waals surface area contributed by atoms with E-state index in [4.69, 9.17) is 16.1 Å². The van der Waals surface area contributed by atoms with Gasteiger partial charge in [0.05, 0.1) is 6.10 Å². The molecule has 0 bridgehead atoms. The molecule has 5 nitrogen and oxygen atoms in total. The Morgan fingerprint density at radius 3 is 3.08 bits per heavy atom. The van der Waals surface area contributed by atoms with Gasteiger partial charge in [0.2, 0.25) is 11.7 Å². The highest BCUT2D eigenvalue weighted by molar-refractivity contribution is 6.30. The first-order valence-corrected chi connectivity index (χ1v) is 9.00. The van der Waals surface area contributed by atoms with Crippen LogP contribution in [0.1, 0.15) is 38.5 Å². The highest BCUT2D eigenvalue weighted by Crippen LogP contribution is 2.22. The number of nitrogens with zero attached hydrogens (tertiary/aromatic N) is 3. The van der Waals surface area contributed by atoms with E-state index in [-0.39, 0.29) is 6.10 Å². The second kappa shape index (κ2) is 8.10. The fourth-order valence-electron chi connectivity index (χ4n) is 3.36. The third-order valence-corrected chi connectivity index (χ3v) is 4.76. The smallest absolute Gasteiger partial charge is 0.228 e. The Kier molecular flexibility index (Phi) is 5.87. The van der Waals surface area contributed by atoms with Crippen LogP contribution in [0.4, 0.5) is 0 Å². The highest BCUT2D eigenvalue weighted by Gasteiger charge is 2.24. The number of rotatable bonds is 6. The lowest BCUT2D eigenvalue weighted by Gasteiger charge is -2.36. The summed E-state index contributed by atoms with van der Waals surface area (Å²) in [7, 11) is 0. The lowest BCUT2D eigenvalue weighted by atomic mass is 9.97. The van der Waals surface area contributed by atoms with Crippen LogP contribution in [0.3, 0.4) is 0 Å². The largest absolute Gasteiger partial charge is 0.393 e. The van der Waals surface area contributed by atoms with Crippen LogP contribution >= 0.6 is 11.6 Å². The van der Waals surface area contributed by atoms with Crippen LogP contribution in [0.25, 0.3) is 11.4 Å². The van der Waals surface area contributed by atoms with Crippen molar-refractivity contribution in [2.75, 3.05) is 13.1 Å². The molecule has 24 heavy (non-hydrogen) atoms. The Balaban J connectivity index is 1.60. The molecule has 1 aromatic carbocycles. The Bertz CT molecular complexity index is 659. The molecule has 2 heterocycles. The van der Waals surface area contributed by atoms with Crippen LogP contribution in [0.15, 0.2) is 28.8 Å². The maximum Gasteiger partial charge on any atom is 0.228 e. The molecule has 1 saturated heterocycles. The summed E-state index contributed by atoms with van der Waals surface area (Å²) < 4.78 is 5.39. The monoisotopic (exact) mass is 349 g/mol. The number of hydrogen-bond acceptors (Lipinski definition) is 5. The summed E-state index contributed by atoms with van der Waals surface area (Å²) in [5.74, 6) is 1.22. The fourth-order valence-corrected chi connectivity index (χ4v) is 3.55. The van der Waals surface area contributed by atoms with Gasteiger partial charge in [0.25, 0.3) is 0 Å². The Morgan fingerprint density at radius 1 is 1.42 bits per heavy atom. The molecule has 1 aliphatic heterocycles. The van der Waals surface area contributed by atoms with Crippen molar-refractivity contribution in [1.29, 1.82) is 0 Å². The van der Waals surface area contributed by atoms with E-state index < -0.39 is 0 Å². The van der Waals surface area contributed by atoms with Gasteiger partial charge in [-0.25, -0.2) is 0 Å². The van der Waals surface area contributed by atoms with Crippen LogP contribution in [0.2, 0.25) is 5.02 Å². The lowest BCUT2D eigenvalue weighted by Crippen LogP contribution is -2.42. The molecule has 2 atom stereocenters. The summed E-state index contributed by atoms with van der Waals surface area (Å²) >= 11 is 6.01. The molecular weight excluding hydrogens is 326 g/mol. The minimum atomic E-state index is -0.256. The number of piperidine rings is 1. The van der Waals surface area contributed by atoms with Gasteiger partial charge in [-0.2, -0.15) is 4.98 Å². The van der Waals surface area contributed by atoms with E-state index >= 15 is 0 Å². The molecule has 1 fully saturated rings. The van der Waals surface area contributed by atoms with Crippen LogP contribution in [0.5, 0.6) is 0 Å². The molecule has 1 aromatic heterocycles. The first-order valence-electron chi connectivity index (χ1n) is 8.62. The molecule has 0 amide bonds. The van der Waals surface area contributed by atoms with Gasteiger partial charge < -0.3 is 9.63 Å². The highest BCUT2D eigenvalue weighted by atomic mass is 35.5. The van der Waals surface area contributed by atoms with E-state index in [0.29, 0.717) is 22.8 Å². The number of benzene rings is 1. The summed E-state index contributed by atoms with van der Waals surface area (Å²) in [5, 5.41) is 14.4. The fraction of sp³-hybridized carbons (Fsp3) is 0.556. The van der Waals surface area contributed by atoms with E-state index in [2.05, 4.69) is 15.0 Å². The second-order valence-corrected chi connectivity index (χ2v) is 6.98. The molecule has 2 aromatic rings. The van der Waals surface area contributed by atoms with Gasteiger partial charge in [0.1, 0.15) is 0 Å². The maximum absolute atomic E-state index is 9.68. The van der Waals surface area contributed by atoms with Gasteiger partial charge in [-0.1, -0.05) is 35.3 Å². The van der Waals surface area contributed by atoms with Crippen molar-refractivity contribution in [3.8, 4) is 11.4 Å². The van der Waals surface area contributed by atoms with Crippen molar-refractivity contribution in [3.63, 3.8) is 0 Å². The first-order chi connectivity index (χ1) is 11.6. The Morgan fingerprint density at radius 2 is 2.29 bits per heavy atom. The van der Waals surface area contributed by atoms with Crippen LogP contribution in [0, 0.1) is 0 Å². The van der Waals surface area contributed by atoms with E-state index in [0.717, 1.165) is 37.9 Å². The number of aliphatic hydroxyl groups excluding tert-OH is 1. The summed E-state index contributed by atoms with van der Waals surface area (Å²) in [6.07, 6.45) is 4.92. The molecule has 3 rings (SSSR count). The molecule has 0 aliphatic carbocycles. The Hall–Kier alpha value is -1.43. The predicted octanol–water partition coefficient (Wildman–Crippen LogP) is 3.56. The number of hydrogen-bond donors (Lipinski definition) is 1. The summed E-state index contributed by atoms with van der Waals surface area (Å²) in [4.78, 5) is 6.92. The Labute approximate surface area is 147 Å². The normalized spacial score (nSPS) is 20.2. The van der Waals surface area contributed by atoms with Crippen molar-refractivity contribution in [3.05, 3.63) is 35.2 Å². The molecular formula is C18H24ClN3O2. The molecule has 0 spiro atoms. The molecule has 1 aliphatic rings. The number of likely N-dealkylation sites (tertiary alicyclic amines) is 1. The van der Waals surface area contributed by atoms with Crippen LogP contribution in [-0.4, -0.2) is 45.4 Å². The van der Waals surface area contributed by atoms with Gasteiger partial charge in [-0.3, -0.25) is 4.90 Å². The van der Waals surface area contributed by atoms with Crippen molar-refractivity contribution >= 4 is 11.6 Å². The van der Waals surface area contributed by atoms with E-state index in [1.54, 1.807) is 0 Å². The molecule has 0 unspecified atom stereocenters. The molecule has 6 heteroatoms. The van der Waals surface area contributed by atoms with Gasteiger partial charge >= 0.3 is 0 Å². The van der Waals surface area contributed by atoms with Gasteiger partial charge in [0.15, 0.2) is 0 Å². The minimum absolute atomic E-state index is 0.256. The summed E-state index contributed by atoms with van der Waals surface area (Å²) in [5.41, 5.74) is 0.863. The van der Waals surface area contributed by atoms with E-state index in [9.17, 15) is 5.11 Å². The predicted molar refractivity (Wildman–Crippen MR) is 94.0 cm³/mol. The van der Waals surface area contributed by atoms with E-state index in [1.807, 2.05) is 31.2 Å². The maximum atomic E-state index is 9.68. The minimum Gasteiger partial charge on any atom is -0.393 e. The quantitative estimate of drug-likeness (QED) is 0.864. The number of aromatic nitrogens is 2. The average Bonchev–Trinajstić information content (AvgIpc) is 3.02. The topological polar surface area (TPSA) is 62.4 Å². The summed E-state index contributed by atoms with van der Waals surface area (Å²) in [6, 6.07) is 7.91. The lowest BCUT2D eigenvalue weighted by molar-refractivity contribution is 0.0862. The molecule has 130 valence electrons. The zero-order chi connectivity index (χ0) is 16.9. The van der Waals surface area contributed by atoms with Gasteiger partial charge in [-0.05, 0) is 44.9 Å². The average molecular weight is 350 g/mol. The first kappa shape index (κ1) is 17.4. The number of halogens is 1.